The minimum absolute atomic E-state index is 0.129. The number of carboxylic acids is 1. The van der Waals surface area contributed by atoms with Crippen LogP contribution < -0.4 is 5.32 Å². The molecule has 0 radical (unpaired) electrons. The van der Waals surface area contributed by atoms with E-state index in [1.165, 1.54) is 5.56 Å². The highest BCUT2D eigenvalue weighted by Crippen LogP contribution is 2.21. The highest BCUT2D eigenvalue weighted by molar-refractivity contribution is 5.76. The van der Waals surface area contributed by atoms with Crippen LogP contribution in [0.2, 0.25) is 0 Å². The fraction of sp³-hybridized carbons (Fsp3) is 0.579. The second kappa shape index (κ2) is 9.30. The molecule has 1 heterocycles. The van der Waals surface area contributed by atoms with Crippen LogP contribution in [0.5, 0.6) is 0 Å². The molecular formula is C19H28N2O3. The molecule has 5 heteroatoms. The number of carbonyl (C=O) groups excluding carboxylic acids is 1. The van der Waals surface area contributed by atoms with Crippen LogP contribution in [0.3, 0.4) is 0 Å². The van der Waals surface area contributed by atoms with Crippen molar-refractivity contribution in [3.8, 4) is 0 Å². The lowest BCUT2D eigenvalue weighted by Gasteiger charge is -2.34. The molecule has 1 aromatic carbocycles. The van der Waals surface area contributed by atoms with Crippen molar-refractivity contribution in [1.29, 1.82) is 0 Å². The van der Waals surface area contributed by atoms with Crippen molar-refractivity contribution >= 4 is 12.0 Å². The topological polar surface area (TPSA) is 69.6 Å². The molecule has 0 aromatic heterocycles. The summed E-state index contributed by atoms with van der Waals surface area (Å²) in [5, 5.41) is 12.1. The number of nitrogens with zero attached hydrogens (tertiary/aromatic N) is 1. The van der Waals surface area contributed by atoms with E-state index < -0.39 is 11.9 Å². The zero-order valence-electron chi connectivity index (χ0n) is 14.4. The first-order chi connectivity index (χ1) is 11.6. The lowest BCUT2D eigenvalue weighted by atomic mass is 9.91. The standard InChI is InChI=1S/C19H28N2O3/c1-15-12-17(18(22)23)14-21(13-15)19(24)20-11-7-3-6-10-16-8-4-2-5-9-16/h2,4-5,8-9,15,17H,3,6-7,10-14H2,1H3,(H,20,24)(H,22,23). The molecule has 24 heavy (non-hydrogen) atoms. The minimum Gasteiger partial charge on any atom is -0.481 e. The lowest BCUT2D eigenvalue weighted by Crippen LogP contribution is -2.49. The van der Waals surface area contributed by atoms with Gasteiger partial charge in [0.15, 0.2) is 0 Å². The molecule has 2 unspecified atom stereocenters. The highest BCUT2D eigenvalue weighted by Gasteiger charge is 2.31. The summed E-state index contributed by atoms with van der Waals surface area (Å²) in [6.45, 7) is 3.61. The summed E-state index contributed by atoms with van der Waals surface area (Å²) < 4.78 is 0. The molecule has 1 saturated heterocycles. The van der Waals surface area contributed by atoms with Gasteiger partial charge in [-0.1, -0.05) is 43.7 Å². The van der Waals surface area contributed by atoms with Crippen LogP contribution in [0.15, 0.2) is 30.3 Å². The van der Waals surface area contributed by atoms with Crippen LogP contribution in [-0.2, 0) is 11.2 Å². The predicted octanol–water partition coefficient (Wildman–Crippen LogP) is 3.15. The maximum Gasteiger partial charge on any atom is 0.317 e. The van der Waals surface area contributed by atoms with Crippen LogP contribution in [0.4, 0.5) is 4.79 Å². The summed E-state index contributed by atoms with van der Waals surface area (Å²) in [5.74, 6) is -1.01. The Bertz CT molecular complexity index is 533. The summed E-state index contributed by atoms with van der Waals surface area (Å²) in [4.78, 5) is 25.0. The van der Waals surface area contributed by atoms with Crippen LogP contribution in [0.25, 0.3) is 0 Å². The third kappa shape index (κ3) is 5.87. The van der Waals surface area contributed by atoms with E-state index in [9.17, 15) is 9.59 Å². The van der Waals surface area contributed by atoms with Crippen molar-refractivity contribution < 1.29 is 14.7 Å². The third-order valence-corrected chi connectivity index (χ3v) is 4.56. The van der Waals surface area contributed by atoms with Crippen LogP contribution in [-0.4, -0.2) is 41.6 Å². The Morgan fingerprint density at radius 2 is 1.92 bits per heavy atom. The van der Waals surface area contributed by atoms with Crippen molar-refractivity contribution in [2.45, 2.75) is 39.0 Å². The van der Waals surface area contributed by atoms with E-state index in [0.717, 1.165) is 25.7 Å². The summed E-state index contributed by atoms with van der Waals surface area (Å²) in [5.41, 5.74) is 1.35. The first-order valence-electron chi connectivity index (χ1n) is 8.85. The molecule has 2 atom stereocenters. The SMILES string of the molecule is CC1CC(C(=O)O)CN(C(=O)NCCCCCc2ccccc2)C1. The Balaban J connectivity index is 1.61. The van der Waals surface area contributed by atoms with Gasteiger partial charge in [0.1, 0.15) is 0 Å². The number of hydrogen-bond donors (Lipinski definition) is 2. The number of piperidine rings is 1. The van der Waals surface area contributed by atoms with Gasteiger partial charge < -0.3 is 15.3 Å². The van der Waals surface area contributed by atoms with E-state index >= 15 is 0 Å². The van der Waals surface area contributed by atoms with Gasteiger partial charge in [-0.15, -0.1) is 0 Å². The Hall–Kier alpha value is -2.04. The summed E-state index contributed by atoms with van der Waals surface area (Å²) in [6, 6.07) is 10.3. The molecule has 1 aromatic rings. The Morgan fingerprint density at radius 1 is 1.17 bits per heavy atom. The molecule has 1 aliphatic rings. The number of aliphatic carboxylic acids is 1. The number of amides is 2. The highest BCUT2D eigenvalue weighted by atomic mass is 16.4. The normalized spacial score (nSPS) is 20.6. The van der Waals surface area contributed by atoms with Gasteiger partial charge in [-0.2, -0.15) is 0 Å². The number of benzene rings is 1. The van der Waals surface area contributed by atoms with Crippen LogP contribution in [0, 0.1) is 11.8 Å². The first-order valence-corrected chi connectivity index (χ1v) is 8.85. The number of rotatable bonds is 7. The largest absolute Gasteiger partial charge is 0.481 e. The summed E-state index contributed by atoms with van der Waals surface area (Å²) >= 11 is 0. The smallest absolute Gasteiger partial charge is 0.317 e. The minimum atomic E-state index is -0.805. The van der Waals surface area contributed by atoms with Gasteiger partial charge in [-0.3, -0.25) is 4.79 Å². The molecule has 132 valence electrons. The number of carboxylic acid groups (broad SMARTS) is 1. The van der Waals surface area contributed by atoms with Gasteiger partial charge in [0.25, 0.3) is 0 Å². The zero-order valence-corrected chi connectivity index (χ0v) is 14.4. The summed E-state index contributed by atoms with van der Waals surface area (Å²) in [7, 11) is 0. The number of unbranched alkanes of at least 4 members (excludes halogenated alkanes) is 2. The molecule has 5 nitrogen and oxygen atoms in total. The second-order valence-electron chi connectivity index (χ2n) is 6.81. The van der Waals surface area contributed by atoms with Crippen molar-refractivity contribution in [2.24, 2.45) is 11.8 Å². The number of likely N-dealkylation sites (tertiary alicyclic amines) is 1. The average molecular weight is 332 g/mol. The summed E-state index contributed by atoms with van der Waals surface area (Å²) in [6.07, 6.45) is 4.85. The number of carbonyl (C=O) groups is 2. The average Bonchev–Trinajstić information content (AvgIpc) is 2.58. The third-order valence-electron chi connectivity index (χ3n) is 4.56. The molecule has 2 N–H and O–H groups in total. The van der Waals surface area contributed by atoms with E-state index in [1.54, 1.807) is 4.90 Å². The van der Waals surface area contributed by atoms with Crippen molar-refractivity contribution in [3.63, 3.8) is 0 Å². The Morgan fingerprint density at radius 3 is 2.62 bits per heavy atom. The molecule has 0 saturated carbocycles. The predicted molar refractivity (Wildman–Crippen MR) is 93.9 cm³/mol. The fourth-order valence-corrected chi connectivity index (χ4v) is 3.28. The van der Waals surface area contributed by atoms with E-state index in [2.05, 4.69) is 29.6 Å². The van der Waals surface area contributed by atoms with Gasteiger partial charge in [0.2, 0.25) is 0 Å². The van der Waals surface area contributed by atoms with Crippen LogP contribution >= 0.6 is 0 Å². The van der Waals surface area contributed by atoms with Crippen molar-refractivity contribution in [2.75, 3.05) is 19.6 Å². The number of hydrogen-bond acceptors (Lipinski definition) is 2. The van der Waals surface area contributed by atoms with Crippen LogP contribution in [0.1, 0.15) is 38.2 Å². The molecule has 1 aliphatic heterocycles. The molecule has 2 rings (SSSR count). The molecule has 0 bridgehead atoms. The van der Waals surface area contributed by atoms with E-state index in [0.29, 0.717) is 26.1 Å². The molecular weight excluding hydrogens is 304 g/mol. The maximum absolute atomic E-state index is 12.2. The number of nitrogens with one attached hydrogen (secondary N) is 1. The van der Waals surface area contributed by atoms with Gasteiger partial charge in [-0.25, -0.2) is 4.79 Å². The van der Waals surface area contributed by atoms with E-state index in [1.807, 2.05) is 13.0 Å². The number of urea groups is 1. The fourth-order valence-electron chi connectivity index (χ4n) is 3.28. The van der Waals surface area contributed by atoms with Gasteiger partial charge in [0, 0.05) is 19.6 Å². The number of aryl methyl sites for hydroxylation is 1. The second-order valence-corrected chi connectivity index (χ2v) is 6.81. The quantitative estimate of drug-likeness (QED) is 0.754. The first kappa shape index (κ1) is 18.3. The van der Waals surface area contributed by atoms with Gasteiger partial charge >= 0.3 is 12.0 Å². The molecule has 2 amide bonds. The van der Waals surface area contributed by atoms with Crippen molar-refractivity contribution in [3.05, 3.63) is 35.9 Å². The van der Waals surface area contributed by atoms with E-state index in [4.69, 9.17) is 5.11 Å². The Labute approximate surface area is 144 Å². The molecule has 0 aliphatic carbocycles. The van der Waals surface area contributed by atoms with Gasteiger partial charge in [0.05, 0.1) is 5.92 Å². The zero-order chi connectivity index (χ0) is 17.4. The van der Waals surface area contributed by atoms with E-state index in [-0.39, 0.29) is 11.9 Å². The van der Waals surface area contributed by atoms with Crippen molar-refractivity contribution in [1.82, 2.24) is 10.2 Å². The lowest BCUT2D eigenvalue weighted by molar-refractivity contribution is -0.143. The Kier molecular flexibility index (Phi) is 7.09. The molecule has 1 fully saturated rings. The molecule has 0 spiro atoms. The maximum atomic E-state index is 12.2. The van der Waals surface area contributed by atoms with Gasteiger partial charge in [-0.05, 0) is 37.2 Å². The monoisotopic (exact) mass is 332 g/mol.